The smallest absolute Gasteiger partial charge is 0.285 e. The molecule has 0 fully saturated rings. The second kappa shape index (κ2) is 6.98. The molecule has 0 saturated carbocycles. The molecule has 4 rings (SSSR count). The van der Waals surface area contributed by atoms with Crippen LogP contribution >= 0.6 is 23.4 Å². The lowest BCUT2D eigenvalue weighted by Gasteiger charge is -1.99. The Morgan fingerprint density at radius 3 is 2.38 bits per heavy atom. The van der Waals surface area contributed by atoms with Crippen LogP contribution in [-0.2, 0) is 4.79 Å². The Bertz CT molecular complexity index is 1030. The van der Waals surface area contributed by atoms with Crippen LogP contribution in [0.5, 0.6) is 0 Å². The minimum Gasteiger partial charge on any atom is -0.457 e. The maximum Gasteiger partial charge on any atom is 0.285 e. The van der Waals surface area contributed by atoms with Crippen LogP contribution in [0.25, 0.3) is 17.4 Å². The maximum absolute atomic E-state index is 12.2. The number of amides is 1. The molecule has 1 aliphatic rings. The number of halogens is 1. The molecule has 0 aliphatic carbocycles. The van der Waals surface area contributed by atoms with Crippen LogP contribution < -0.4 is 0 Å². The van der Waals surface area contributed by atoms with Crippen molar-refractivity contribution in [1.29, 1.82) is 0 Å². The van der Waals surface area contributed by atoms with E-state index in [1.54, 1.807) is 6.08 Å². The highest BCUT2D eigenvalue weighted by Gasteiger charge is 2.23. The van der Waals surface area contributed by atoms with E-state index in [9.17, 15) is 4.79 Å². The number of carbonyl (C=O) groups excluding carboxylic acids is 1. The van der Waals surface area contributed by atoms with E-state index in [0.717, 1.165) is 16.9 Å². The third-order valence-electron chi connectivity index (χ3n) is 3.95. The number of aryl methyl sites for hydroxylation is 1. The lowest BCUT2D eigenvalue weighted by Crippen LogP contribution is -1.90. The standard InChI is InChI=1S/C21H14ClNO2S/c1-13-2-4-15(5-3-13)21-23-20(24)19(26-21)12-17-10-11-18(25-17)14-6-8-16(22)9-7-14/h2-12H,1H3. The first-order valence-corrected chi connectivity index (χ1v) is 9.23. The van der Waals surface area contributed by atoms with Gasteiger partial charge in [0.1, 0.15) is 16.6 Å². The summed E-state index contributed by atoms with van der Waals surface area (Å²) < 4.78 is 5.84. The normalized spacial score (nSPS) is 15.5. The summed E-state index contributed by atoms with van der Waals surface area (Å²) in [7, 11) is 0. The number of rotatable bonds is 3. The highest BCUT2D eigenvalue weighted by molar-refractivity contribution is 8.19. The molecule has 0 unspecified atom stereocenters. The summed E-state index contributed by atoms with van der Waals surface area (Å²) in [4.78, 5) is 16.9. The number of nitrogens with zero attached hydrogens (tertiary/aromatic N) is 1. The minimum absolute atomic E-state index is 0.241. The summed E-state index contributed by atoms with van der Waals surface area (Å²) in [5, 5.41) is 1.39. The van der Waals surface area contributed by atoms with Crippen LogP contribution in [0.2, 0.25) is 5.02 Å². The molecule has 26 heavy (non-hydrogen) atoms. The third kappa shape index (κ3) is 3.52. The molecule has 1 amide bonds. The van der Waals surface area contributed by atoms with E-state index in [0.29, 0.717) is 20.7 Å². The van der Waals surface area contributed by atoms with Gasteiger partial charge in [0, 0.05) is 22.2 Å². The summed E-state index contributed by atoms with van der Waals surface area (Å²) in [5.41, 5.74) is 3.05. The van der Waals surface area contributed by atoms with Crippen LogP contribution in [0.15, 0.2) is 75.0 Å². The average molecular weight is 380 g/mol. The number of hydrogen-bond acceptors (Lipinski definition) is 3. The maximum atomic E-state index is 12.2. The molecule has 0 bridgehead atoms. The van der Waals surface area contributed by atoms with Crippen molar-refractivity contribution in [1.82, 2.24) is 0 Å². The predicted molar refractivity (Wildman–Crippen MR) is 107 cm³/mol. The van der Waals surface area contributed by atoms with E-state index in [2.05, 4.69) is 4.99 Å². The monoisotopic (exact) mass is 379 g/mol. The second-order valence-corrected chi connectivity index (χ2v) is 7.37. The van der Waals surface area contributed by atoms with Gasteiger partial charge in [0.05, 0.1) is 4.91 Å². The first kappa shape index (κ1) is 16.9. The molecular formula is C21H14ClNO2S. The summed E-state index contributed by atoms with van der Waals surface area (Å²) in [6, 6.07) is 19.1. The zero-order valence-electron chi connectivity index (χ0n) is 13.9. The number of hydrogen-bond donors (Lipinski definition) is 0. The first-order valence-electron chi connectivity index (χ1n) is 8.04. The van der Waals surface area contributed by atoms with Crippen molar-refractivity contribution in [3.05, 3.63) is 87.5 Å². The summed E-state index contributed by atoms with van der Waals surface area (Å²) >= 11 is 7.28. The van der Waals surface area contributed by atoms with Gasteiger partial charge in [-0.1, -0.05) is 53.2 Å². The fraction of sp³-hybridized carbons (Fsp3) is 0.0476. The van der Waals surface area contributed by atoms with Gasteiger partial charge in [0.15, 0.2) is 0 Å². The molecule has 1 aromatic heterocycles. The number of benzene rings is 2. The van der Waals surface area contributed by atoms with E-state index in [-0.39, 0.29) is 5.91 Å². The van der Waals surface area contributed by atoms with Crippen LogP contribution in [0, 0.1) is 6.92 Å². The number of thioether (sulfide) groups is 1. The molecule has 0 N–H and O–H groups in total. The molecular weight excluding hydrogens is 366 g/mol. The van der Waals surface area contributed by atoms with Crippen LogP contribution in [0.1, 0.15) is 16.9 Å². The zero-order valence-corrected chi connectivity index (χ0v) is 15.5. The van der Waals surface area contributed by atoms with Gasteiger partial charge in [-0.3, -0.25) is 4.79 Å². The third-order valence-corrected chi connectivity index (χ3v) is 5.23. The van der Waals surface area contributed by atoms with Crippen LogP contribution in [0.4, 0.5) is 0 Å². The van der Waals surface area contributed by atoms with Crippen molar-refractivity contribution < 1.29 is 9.21 Å². The largest absolute Gasteiger partial charge is 0.457 e. The Morgan fingerprint density at radius 2 is 1.65 bits per heavy atom. The molecule has 2 heterocycles. The lowest BCUT2D eigenvalue weighted by atomic mass is 10.2. The van der Waals surface area contributed by atoms with E-state index in [1.165, 1.54) is 17.3 Å². The Labute approximate surface area is 160 Å². The number of aliphatic imine (C=N–C) groups is 1. The van der Waals surface area contributed by atoms with Gasteiger partial charge in [-0.15, -0.1) is 0 Å². The highest BCUT2D eigenvalue weighted by atomic mass is 35.5. The van der Waals surface area contributed by atoms with E-state index in [1.807, 2.05) is 67.6 Å². The molecule has 0 radical (unpaired) electrons. The number of carbonyl (C=O) groups is 1. The van der Waals surface area contributed by atoms with Gasteiger partial charge in [0.2, 0.25) is 0 Å². The van der Waals surface area contributed by atoms with Crippen molar-refractivity contribution in [3.8, 4) is 11.3 Å². The summed E-state index contributed by atoms with van der Waals surface area (Å²) in [6.07, 6.45) is 1.73. The van der Waals surface area contributed by atoms with Gasteiger partial charge in [0.25, 0.3) is 5.91 Å². The molecule has 0 spiro atoms. The molecule has 128 valence electrons. The van der Waals surface area contributed by atoms with Crippen molar-refractivity contribution in [2.75, 3.05) is 0 Å². The van der Waals surface area contributed by atoms with E-state index >= 15 is 0 Å². The van der Waals surface area contributed by atoms with Gasteiger partial charge < -0.3 is 4.42 Å². The van der Waals surface area contributed by atoms with Crippen molar-refractivity contribution in [2.24, 2.45) is 4.99 Å². The topological polar surface area (TPSA) is 42.6 Å². The van der Waals surface area contributed by atoms with Gasteiger partial charge in [-0.05, 0) is 43.3 Å². The summed E-state index contributed by atoms with van der Waals surface area (Å²) in [5.74, 6) is 1.10. The molecule has 5 heteroatoms. The summed E-state index contributed by atoms with van der Waals surface area (Å²) in [6.45, 7) is 2.03. The van der Waals surface area contributed by atoms with Gasteiger partial charge >= 0.3 is 0 Å². The molecule has 3 nitrogen and oxygen atoms in total. The Hall–Kier alpha value is -2.56. The van der Waals surface area contributed by atoms with E-state index < -0.39 is 0 Å². The Balaban J connectivity index is 1.55. The van der Waals surface area contributed by atoms with E-state index in [4.69, 9.17) is 16.0 Å². The molecule has 3 aromatic rings. The predicted octanol–water partition coefficient (Wildman–Crippen LogP) is 5.97. The molecule has 0 atom stereocenters. The van der Waals surface area contributed by atoms with Crippen LogP contribution in [-0.4, -0.2) is 11.0 Å². The Kier molecular flexibility index (Phi) is 4.53. The fourth-order valence-corrected chi connectivity index (χ4v) is 3.58. The molecule has 2 aromatic carbocycles. The molecule has 0 saturated heterocycles. The van der Waals surface area contributed by atoms with Crippen molar-refractivity contribution >= 4 is 40.4 Å². The highest BCUT2D eigenvalue weighted by Crippen LogP contribution is 2.33. The van der Waals surface area contributed by atoms with Crippen molar-refractivity contribution in [2.45, 2.75) is 6.92 Å². The van der Waals surface area contributed by atoms with Crippen molar-refractivity contribution in [3.63, 3.8) is 0 Å². The zero-order chi connectivity index (χ0) is 18.1. The fourth-order valence-electron chi connectivity index (χ4n) is 2.56. The SMILES string of the molecule is Cc1ccc(C2=NC(=O)C(=Cc3ccc(-c4ccc(Cl)cc4)o3)S2)cc1. The van der Waals surface area contributed by atoms with Crippen LogP contribution in [0.3, 0.4) is 0 Å². The molecule has 1 aliphatic heterocycles. The Morgan fingerprint density at radius 1 is 0.962 bits per heavy atom. The van der Waals surface area contributed by atoms with Gasteiger partial charge in [-0.2, -0.15) is 0 Å². The lowest BCUT2D eigenvalue weighted by molar-refractivity contribution is -0.113. The quantitative estimate of drug-likeness (QED) is 0.526. The second-order valence-electron chi connectivity index (χ2n) is 5.91. The number of furan rings is 1. The average Bonchev–Trinajstić information content (AvgIpc) is 3.24. The van der Waals surface area contributed by atoms with Gasteiger partial charge in [-0.25, -0.2) is 4.99 Å². The first-order chi connectivity index (χ1) is 12.6. The minimum atomic E-state index is -0.241.